The van der Waals surface area contributed by atoms with Gasteiger partial charge in [-0.05, 0) is 61.7 Å². The Bertz CT molecular complexity index is 1240. The van der Waals surface area contributed by atoms with Crippen LogP contribution in [0.5, 0.6) is 0 Å². The largest absolute Gasteiger partial charge is 0.331 e. The van der Waals surface area contributed by atoms with E-state index in [9.17, 15) is 4.79 Å². The molecule has 0 aliphatic rings. The van der Waals surface area contributed by atoms with E-state index in [4.69, 9.17) is 0 Å². The fourth-order valence-electron chi connectivity index (χ4n) is 3.34. The summed E-state index contributed by atoms with van der Waals surface area (Å²) in [6.07, 6.45) is 0. The molecule has 33 heavy (non-hydrogen) atoms. The number of amides is 2. The van der Waals surface area contributed by atoms with Crippen LogP contribution < -0.4 is 10.6 Å². The van der Waals surface area contributed by atoms with Crippen molar-refractivity contribution in [3.8, 4) is 5.69 Å². The first-order chi connectivity index (χ1) is 16.0. The van der Waals surface area contributed by atoms with E-state index < -0.39 is 0 Å². The van der Waals surface area contributed by atoms with Crippen molar-refractivity contribution in [1.82, 2.24) is 20.1 Å². The Morgan fingerprint density at radius 3 is 2.39 bits per heavy atom. The summed E-state index contributed by atoms with van der Waals surface area (Å²) in [6.45, 7) is 6.38. The number of carbonyl (C=O) groups excluding carboxylic acids is 1. The van der Waals surface area contributed by atoms with Crippen LogP contribution in [0, 0.1) is 20.8 Å². The molecule has 0 atom stereocenters. The quantitative estimate of drug-likeness (QED) is 0.344. The Balaban J connectivity index is 1.50. The van der Waals surface area contributed by atoms with Gasteiger partial charge in [-0.1, -0.05) is 65.9 Å². The number of nitrogens with zero attached hydrogens (tertiary/aromatic N) is 3. The van der Waals surface area contributed by atoms with Crippen LogP contribution >= 0.6 is 11.8 Å². The van der Waals surface area contributed by atoms with E-state index >= 15 is 0 Å². The van der Waals surface area contributed by atoms with Gasteiger partial charge in [0, 0.05) is 17.1 Å². The number of rotatable bonds is 7. The lowest BCUT2D eigenvalue weighted by Crippen LogP contribution is -2.29. The van der Waals surface area contributed by atoms with Crippen LogP contribution in [0.3, 0.4) is 0 Å². The monoisotopic (exact) mass is 457 g/mol. The maximum absolute atomic E-state index is 12.5. The minimum absolute atomic E-state index is 0.253. The Morgan fingerprint density at radius 1 is 0.909 bits per heavy atom. The van der Waals surface area contributed by atoms with Gasteiger partial charge in [-0.2, -0.15) is 0 Å². The van der Waals surface area contributed by atoms with Crippen molar-refractivity contribution in [3.05, 3.63) is 101 Å². The number of anilines is 1. The number of aryl methyl sites for hydroxylation is 3. The SMILES string of the molecule is Cc1ccc(-n2c(CNC(=O)Nc3ccc(C)c(C)c3)nnc2SCc2ccccc2)cc1. The Labute approximate surface area is 198 Å². The number of nitrogens with one attached hydrogen (secondary N) is 2. The molecule has 4 rings (SSSR count). The molecule has 0 aliphatic carbocycles. The second-order valence-electron chi connectivity index (χ2n) is 7.95. The second kappa shape index (κ2) is 10.4. The number of aromatic nitrogens is 3. The summed E-state index contributed by atoms with van der Waals surface area (Å²) in [5, 5.41) is 15.4. The zero-order valence-electron chi connectivity index (χ0n) is 19.0. The minimum atomic E-state index is -0.282. The summed E-state index contributed by atoms with van der Waals surface area (Å²) >= 11 is 1.62. The predicted molar refractivity (Wildman–Crippen MR) is 134 cm³/mol. The number of hydrogen-bond donors (Lipinski definition) is 2. The van der Waals surface area contributed by atoms with Gasteiger partial charge in [-0.15, -0.1) is 10.2 Å². The predicted octanol–water partition coefficient (Wildman–Crippen LogP) is 5.81. The average Bonchev–Trinajstić information content (AvgIpc) is 3.23. The van der Waals surface area contributed by atoms with E-state index in [1.54, 1.807) is 11.8 Å². The van der Waals surface area contributed by atoms with Gasteiger partial charge in [0.1, 0.15) is 0 Å². The molecule has 1 aromatic heterocycles. The third-order valence-electron chi connectivity index (χ3n) is 5.38. The molecule has 0 fully saturated rings. The summed E-state index contributed by atoms with van der Waals surface area (Å²) in [5.74, 6) is 1.45. The van der Waals surface area contributed by atoms with Crippen molar-refractivity contribution < 1.29 is 4.79 Å². The van der Waals surface area contributed by atoms with Crippen LogP contribution in [0.2, 0.25) is 0 Å². The van der Waals surface area contributed by atoms with Gasteiger partial charge in [-0.3, -0.25) is 4.57 Å². The molecule has 4 aromatic rings. The van der Waals surface area contributed by atoms with Gasteiger partial charge in [0.05, 0.1) is 6.54 Å². The zero-order chi connectivity index (χ0) is 23.2. The minimum Gasteiger partial charge on any atom is -0.331 e. The zero-order valence-corrected chi connectivity index (χ0v) is 19.8. The molecule has 0 saturated carbocycles. The first-order valence-corrected chi connectivity index (χ1v) is 11.8. The third kappa shape index (κ3) is 5.81. The van der Waals surface area contributed by atoms with E-state index in [1.165, 1.54) is 16.7 Å². The lowest BCUT2D eigenvalue weighted by molar-refractivity contribution is 0.251. The van der Waals surface area contributed by atoms with Crippen molar-refractivity contribution >= 4 is 23.5 Å². The third-order valence-corrected chi connectivity index (χ3v) is 6.38. The van der Waals surface area contributed by atoms with Crippen LogP contribution in [-0.4, -0.2) is 20.8 Å². The molecule has 0 radical (unpaired) electrons. The fourth-order valence-corrected chi connectivity index (χ4v) is 4.26. The molecule has 0 saturated heterocycles. The van der Waals surface area contributed by atoms with E-state index in [2.05, 4.69) is 52.0 Å². The first-order valence-electron chi connectivity index (χ1n) is 10.8. The summed E-state index contributed by atoms with van der Waals surface area (Å²) in [7, 11) is 0. The van der Waals surface area contributed by atoms with E-state index in [1.807, 2.05) is 66.9 Å². The molecule has 2 N–H and O–H groups in total. The maximum Gasteiger partial charge on any atom is 0.319 e. The lowest BCUT2D eigenvalue weighted by Gasteiger charge is -2.12. The highest BCUT2D eigenvalue weighted by Crippen LogP contribution is 2.25. The van der Waals surface area contributed by atoms with Crippen LogP contribution in [-0.2, 0) is 12.3 Å². The number of carbonyl (C=O) groups is 1. The van der Waals surface area contributed by atoms with Crippen LogP contribution in [0.25, 0.3) is 5.69 Å². The molecular formula is C26H27N5OS. The Morgan fingerprint density at radius 2 is 1.67 bits per heavy atom. The van der Waals surface area contributed by atoms with E-state index in [0.717, 1.165) is 27.8 Å². The van der Waals surface area contributed by atoms with Crippen molar-refractivity contribution in [2.75, 3.05) is 5.32 Å². The Hall–Kier alpha value is -3.58. The van der Waals surface area contributed by atoms with Gasteiger partial charge in [-0.25, -0.2) is 4.79 Å². The Kier molecular flexibility index (Phi) is 7.10. The van der Waals surface area contributed by atoms with Crippen molar-refractivity contribution in [2.45, 2.75) is 38.2 Å². The van der Waals surface area contributed by atoms with Gasteiger partial charge >= 0.3 is 6.03 Å². The molecule has 0 aliphatic heterocycles. The molecule has 0 spiro atoms. The molecule has 2 amide bonds. The average molecular weight is 458 g/mol. The molecule has 168 valence electrons. The van der Waals surface area contributed by atoms with Crippen LogP contribution in [0.1, 0.15) is 28.1 Å². The van der Waals surface area contributed by atoms with Gasteiger partial charge in [0.15, 0.2) is 11.0 Å². The van der Waals surface area contributed by atoms with Crippen molar-refractivity contribution in [2.24, 2.45) is 0 Å². The summed E-state index contributed by atoms with van der Waals surface area (Å²) in [4.78, 5) is 12.5. The normalized spacial score (nSPS) is 10.8. The summed E-state index contributed by atoms with van der Waals surface area (Å²) in [6, 6.07) is 24.0. The van der Waals surface area contributed by atoms with Crippen LogP contribution in [0.15, 0.2) is 78.0 Å². The van der Waals surface area contributed by atoms with Crippen LogP contribution in [0.4, 0.5) is 10.5 Å². The highest BCUT2D eigenvalue weighted by Gasteiger charge is 2.16. The first kappa shape index (κ1) is 22.6. The molecule has 1 heterocycles. The molecule has 0 bridgehead atoms. The van der Waals surface area contributed by atoms with E-state index in [-0.39, 0.29) is 12.6 Å². The number of urea groups is 1. The molecule has 0 unspecified atom stereocenters. The number of thioether (sulfide) groups is 1. The van der Waals surface area contributed by atoms with Crippen molar-refractivity contribution in [1.29, 1.82) is 0 Å². The number of hydrogen-bond acceptors (Lipinski definition) is 4. The van der Waals surface area contributed by atoms with Gasteiger partial charge in [0.2, 0.25) is 0 Å². The smallest absolute Gasteiger partial charge is 0.319 e. The summed E-state index contributed by atoms with van der Waals surface area (Å²) < 4.78 is 2.00. The molecule has 6 nitrogen and oxygen atoms in total. The van der Waals surface area contributed by atoms with Crippen molar-refractivity contribution in [3.63, 3.8) is 0 Å². The highest BCUT2D eigenvalue weighted by molar-refractivity contribution is 7.98. The topological polar surface area (TPSA) is 71.8 Å². The molecule has 3 aromatic carbocycles. The number of benzene rings is 3. The molecule has 7 heteroatoms. The lowest BCUT2D eigenvalue weighted by atomic mass is 10.1. The van der Waals surface area contributed by atoms with E-state index in [0.29, 0.717) is 5.82 Å². The highest BCUT2D eigenvalue weighted by atomic mass is 32.2. The maximum atomic E-state index is 12.5. The second-order valence-corrected chi connectivity index (χ2v) is 8.89. The molecular weight excluding hydrogens is 430 g/mol. The fraction of sp³-hybridized carbons (Fsp3) is 0.192. The summed E-state index contributed by atoms with van der Waals surface area (Å²) in [5.41, 5.74) is 6.44. The van der Waals surface area contributed by atoms with Gasteiger partial charge < -0.3 is 10.6 Å². The standard InChI is InChI=1S/C26H27N5OS/c1-18-9-13-23(14-10-18)31-24(29-30-26(31)33-17-21-7-5-4-6-8-21)16-27-25(32)28-22-12-11-19(2)20(3)15-22/h4-15H,16-17H2,1-3H3,(H2,27,28,32). The van der Waals surface area contributed by atoms with Gasteiger partial charge in [0.25, 0.3) is 0 Å².